The van der Waals surface area contributed by atoms with Crippen molar-refractivity contribution in [3.05, 3.63) is 71.1 Å². The second-order valence-corrected chi connectivity index (χ2v) is 5.94. The van der Waals surface area contributed by atoms with Crippen molar-refractivity contribution in [1.82, 2.24) is 0 Å². The molecule has 1 amide bonds. The summed E-state index contributed by atoms with van der Waals surface area (Å²) in [6.45, 7) is 3.81. The van der Waals surface area contributed by atoms with Gasteiger partial charge in [-0.15, -0.1) is 0 Å². The van der Waals surface area contributed by atoms with Crippen LogP contribution in [0.2, 0.25) is 0 Å². The Labute approximate surface area is 145 Å². The molecule has 3 aromatic rings. The molecule has 3 rings (SSSR count). The molecule has 0 aliphatic heterocycles. The predicted molar refractivity (Wildman–Crippen MR) is 97.0 cm³/mol. The van der Waals surface area contributed by atoms with Gasteiger partial charge in [-0.25, -0.2) is 4.79 Å². The van der Waals surface area contributed by atoms with Gasteiger partial charge in [0.05, 0.1) is 0 Å². The topological polar surface area (TPSA) is 59.8 Å². The number of fused-ring (bicyclic) bond motifs is 1. The zero-order chi connectivity index (χ0) is 17.8. The summed E-state index contributed by atoms with van der Waals surface area (Å²) < 4.78 is 10.7. The van der Waals surface area contributed by atoms with Gasteiger partial charge in [0.25, 0.3) is 5.91 Å². The van der Waals surface area contributed by atoms with Crippen molar-refractivity contribution >= 4 is 22.6 Å². The molecule has 0 spiro atoms. The number of carbonyl (C=O) groups excluding carboxylic acids is 1. The minimum atomic E-state index is -0.421. The predicted octanol–water partition coefficient (Wildman–Crippen LogP) is 3.61. The molecule has 0 saturated carbocycles. The normalized spacial score (nSPS) is 10.8. The van der Waals surface area contributed by atoms with Crippen molar-refractivity contribution in [3.63, 3.8) is 0 Å². The van der Waals surface area contributed by atoms with Crippen LogP contribution in [-0.2, 0) is 4.79 Å². The highest BCUT2D eigenvalue weighted by molar-refractivity contribution is 5.95. The Morgan fingerprint density at radius 2 is 1.80 bits per heavy atom. The van der Waals surface area contributed by atoms with Crippen molar-refractivity contribution in [3.8, 4) is 5.75 Å². The summed E-state index contributed by atoms with van der Waals surface area (Å²) in [4.78, 5) is 25.6. The van der Waals surface area contributed by atoms with Gasteiger partial charge in [-0.3, -0.25) is 4.79 Å². The van der Waals surface area contributed by atoms with E-state index in [2.05, 4.69) is 0 Å². The number of carbonyl (C=O) groups is 1. The molecule has 0 unspecified atom stereocenters. The quantitative estimate of drug-likeness (QED) is 0.667. The molecule has 1 heterocycles. The highest BCUT2D eigenvalue weighted by Gasteiger charge is 2.19. The van der Waals surface area contributed by atoms with Crippen molar-refractivity contribution in [1.29, 1.82) is 0 Å². The first-order chi connectivity index (χ1) is 12.0. The molecule has 0 radical (unpaired) electrons. The number of benzene rings is 2. The Balaban J connectivity index is 1.75. The largest absolute Gasteiger partial charge is 0.484 e. The smallest absolute Gasteiger partial charge is 0.336 e. The summed E-state index contributed by atoms with van der Waals surface area (Å²) in [7, 11) is 0. The molecule has 0 bridgehead atoms. The van der Waals surface area contributed by atoms with E-state index in [0.29, 0.717) is 11.3 Å². The Kier molecular flexibility index (Phi) is 4.84. The van der Waals surface area contributed by atoms with Crippen LogP contribution >= 0.6 is 0 Å². The number of nitrogens with zero attached hydrogens (tertiary/aromatic N) is 1. The molecule has 0 fully saturated rings. The minimum Gasteiger partial charge on any atom is -0.484 e. The van der Waals surface area contributed by atoms with Crippen molar-refractivity contribution < 1.29 is 13.9 Å². The average Bonchev–Trinajstić information content (AvgIpc) is 2.60. The molecule has 0 N–H and O–H groups in total. The summed E-state index contributed by atoms with van der Waals surface area (Å²) >= 11 is 0. The number of hydrogen-bond donors (Lipinski definition) is 0. The van der Waals surface area contributed by atoms with Crippen LogP contribution in [0.15, 0.2) is 69.9 Å². The zero-order valence-electron chi connectivity index (χ0n) is 14.1. The highest BCUT2D eigenvalue weighted by atomic mass is 16.5. The van der Waals surface area contributed by atoms with E-state index in [4.69, 9.17) is 9.15 Å². The fraction of sp³-hybridized carbons (Fsp3) is 0.200. The van der Waals surface area contributed by atoms with Gasteiger partial charge in [-0.2, -0.15) is 0 Å². The van der Waals surface area contributed by atoms with E-state index in [1.165, 1.54) is 6.07 Å². The molecule has 25 heavy (non-hydrogen) atoms. The van der Waals surface area contributed by atoms with Crippen LogP contribution in [-0.4, -0.2) is 18.6 Å². The molecular formula is C20H19NO4. The van der Waals surface area contributed by atoms with Crippen LogP contribution in [0.25, 0.3) is 11.0 Å². The lowest BCUT2D eigenvalue weighted by atomic mass is 10.2. The molecule has 0 aliphatic carbocycles. The van der Waals surface area contributed by atoms with E-state index in [0.717, 1.165) is 11.1 Å². The van der Waals surface area contributed by atoms with Crippen LogP contribution in [0.5, 0.6) is 5.75 Å². The lowest BCUT2D eigenvalue weighted by Crippen LogP contribution is -2.40. The SMILES string of the molecule is CC(C)N(C(=O)COc1ccc2ccc(=O)oc2c1)c1ccccc1. The number of rotatable bonds is 5. The Morgan fingerprint density at radius 1 is 1.08 bits per heavy atom. The Bertz CT molecular complexity index is 931. The third kappa shape index (κ3) is 3.88. The second-order valence-electron chi connectivity index (χ2n) is 5.94. The maximum absolute atomic E-state index is 12.6. The average molecular weight is 337 g/mol. The lowest BCUT2D eigenvalue weighted by Gasteiger charge is -2.26. The fourth-order valence-corrected chi connectivity index (χ4v) is 2.66. The third-order valence-electron chi connectivity index (χ3n) is 3.78. The van der Waals surface area contributed by atoms with Crippen LogP contribution in [0.1, 0.15) is 13.8 Å². The zero-order valence-corrected chi connectivity index (χ0v) is 14.1. The first-order valence-corrected chi connectivity index (χ1v) is 8.08. The van der Waals surface area contributed by atoms with Crippen molar-refractivity contribution in [2.45, 2.75) is 19.9 Å². The highest BCUT2D eigenvalue weighted by Crippen LogP contribution is 2.21. The molecule has 5 heteroatoms. The summed E-state index contributed by atoms with van der Waals surface area (Å²) in [5.74, 6) is 0.336. The number of anilines is 1. The fourth-order valence-electron chi connectivity index (χ4n) is 2.66. The van der Waals surface area contributed by atoms with E-state index in [1.807, 2.05) is 44.2 Å². The molecule has 0 atom stereocenters. The van der Waals surface area contributed by atoms with Crippen molar-refractivity contribution in [2.75, 3.05) is 11.5 Å². The first kappa shape index (κ1) is 16.8. The Hall–Kier alpha value is -3.08. The first-order valence-electron chi connectivity index (χ1n) is 8.08. The van der Waals surface area contributed by atoms with Gasteiger partial charge in [-0.1, -0.05) is 18.2 Å². The molecule has 5 nitrogen and oxygen atoms in total. The van der Waals surface area contributed by atoms with Crippen molar-refractivity contribution in [2.24, 2.45) is 0 Å². The van der Waals surface area contributed by atoms with Gasteiger partial charge in [-0.05, 0) is 44.2 Å². The van der Waals surface area contributed by atoms with E-state index >= 15 is 0 Å². The lowest BCUT2D eigenvalue weighted by molar-refractivity contribution is -0.120. The maximum atomic E-state index is 12.6. The molecule has 128 valence electrons. The van der Waals surface area contributed by atoms with Gasteiger partial charge in [0.15, 0.2) is 6.61 Å². The summed E-state index contributed by atoms with van der Waals surface area (Å²) in [6, 6.07) is 17.7. The van der Waals surface area contributed by atoms with Gasteiger partial charge < -0.3 is 14.1 Å². The minimum absolute atomic E-state index is 0.00752. The molecule has 1 aromatic heterocycles. The van der Waals surface area contributed by atoms with Gasteiger partial charge in [0, 0.05) is 29.2 Å². The van der Waals surface area contributed by atoms with Gasteiger partial charge in [0.1, 0.15) is 11.3 Å². The summed E-state index contributed by atoms with van der Waals surface area (Å²) in [5.41, 5.74) is 0.840. The molecule has 2 aromatic carbocycles. The number of amides is 1. The van der Waals surface area contributed by atoms with E-state index in [1.54, 1.807) is 29.2 Å². The van der Waals surface area contributed by atoms with Crippen LogP contribution in [0, 0.1) is 0 Å². The Morgan fingerprint density at radius 3 is 2.52 bits per heavy atom. The summed E-state index contributed by atoms with van der Waals surface area (Å²) in [6.07, 6.45) is 0. The maximum Gasteiger partial charge on any atom is 0.336 e. The molecule has 0 saturated heterocycles. The van der Waals surface area contributed by atoms with Crippen LogP contribution in [0.4, 0.5) is 5.69 Å². The van der Waals surface area contributed by atoms with Gasteiger partial charge >= 0.3 is 5.63 Å². The number of para-hydroxylation sites is 1. The van der Waals surface area contributed by atoms with Crippen LogP contribution < -0.4 is 15.3 Å². The summed E-state index contributed by atoms with van der Waals surface area (Å²) in [5, 5.41) is 0.798. The second kappa shape index (κ2) is 7.21. The third-order valence-corrected chi connectivity index (χ3v) is 3.78. The van der Waals surface area contributed by atoms with Gasteiger partial charge in [0.2, 0.25) is 0 Å². The monoisotopic (exact) mass is 337 g/mol. The van der Waals surface area contributed by atoms with E-state index in [9.17, 15) is 9.59 Å². The van der Waals surface area contributed by atoms with E-state index in [-0.39, 0.29) is 18.6 Å². The van der Waals surface area contributed by atoms with Crippen LogP contribution in [0.3, 0.4) is 0 Å². The number of hydrogen-bond acceptors (Lipinski definition) is 4. The molecular weight excluding hydrogens is 318 g/mol. The number of ether oxygens (including phenoxy) is 1. The molecule has 0 aliphatic rings. The standard InChI is InChI=1S/C20H19NO4/c1-14(2)21(16-6-4-3-5-7-16)19(22)13-24-17-10-8-15-9-11-20(23)25-18(15)12-17/h3-12,14H,13H2,1-2H3. The van der Waals surface area contributed by atoms with E-state index < -0.39 is 5.63 Å².